The molecule has 0 radical (unpaired) electrons. The number of methoxy groups -OCH3 is 2. The number of halogens is 1. The van der Waals surface area contributed by atoms with Crippen LogP contribution in [0.3, 0.4) is 0 Å². The number of carbonyl (C=O) groups excluding carboxylic acids is 2. The molecule has 7 atom stereocenters. The minimum atomic E-state index is -0.411. The summed E-state index contributed by atoms with van der Waals surface area (Å²) in [6, 6.07) is 10.4. The van der Waals surface area contributed by atoms with Crippen molar-refractivity contribution in [3.63, 3.8) is 0 Å². The molecule has 4 aliphatic rings. The summed E-state index contributed by atoms with van der Waals surface area (Å²) in [4.78, 5) is 45.1. The third kappa shape index (κ3) is 3.20. The average Bonchev–Trinajstić information content (AvgIpc) is 3.64. The fourth-order valence-electron chi connectivity index (χ4n) is 7.33. The number of amides is 2. The quantitative estimate of drug-likeness (QED) is 0.445. The van der Waals surface area contributed by atoms with Gasteiger partial charge in [0.05, 0.1) is 36.8 Å². The lowest BCUT2D eigenvalue weighted by molar-refractivity contribution is -0.123. The molecule has 6 unspecified atom stereocenters. The highest BCUT2D eigenvalue weighted by Crippen LogP contribution is 2.69. The maximum Gasteiger partial charge on any atom is 0.305 e. The van der Waals surface area contributed by atoms with Crippen molar-refractivity contribution in [3.8, 4) is 17.2 Å². The summed E-state index contributed by atoms with van der Waals surface area (Å²) < 4.78 is 10.9. The first-order valence-electron chi connectivity index (χ1n) is 12.3. The van der Waals surface area contributed by atoms with Crippen LogP contribution in [-0.2, 0) is 9.59 Å². The van der Waals surface area contributed by atoms with Crippen LogP contribution in [0.15, 0.2) is 46.2 Å². The fourth-order valence-corrected chi connectivity index (χ4v) is 10.3. The minimum Gasteiger partial charge on any atom is -0.502 e. The molecule has 38 heavy (non-hydrogen) atoms. The number of benzene rings is 2. The number of anilines is 1. The first kappa shape index (κ1) is 24.1. The van der Waals surface area contributed by atoms with E-state index in [4.69, 9.17) is 21.1 Å². The number of phenols is 1. The number of carbonyl (C=O) groups is 2. The third-order valence-electron chi connectivity index (χ3n) is 8.67. The second-order valence-electron chi connectivity index (χ2n) is 10.2. The highest BCUT2D eigenvalue weighted by atomic mass is 35.5. The average molecular weight is 571 g/mol. The normalized spacial score (nSPS) is 30.8. The van der Waals surface area contributed by atoms with Gasteiger partial charge in [-0.05, 0) is 66.1 Å². The summed E-state index contributed by atoms with van der Waals surface area (Å²) >= 11 is 8.85. The summed E-state index contributed by atoms with van der Waals surface area (Å²) in [6.45, 7) is 0. The van der Waals surface area contributed by atoms with Gasteiger partial charge in [-0.2, -0.15) is 0 Å². The van der Waals surface area contributed by atoms with Gasteiger partial charge in [-0.25, -0.2) is 0 Å². The van der Waals surface area contributed by atoms with E-state index in [9.17, 15) is 19.5 Å². The Kier molecular flexibility index (Phi) is 5.41. The number of ether oxygens (including phenoxy) is 2. The van der Waals surface area contributed by atoms with Crippen molar-refractivity contribution in [2.24, 2.45) is 29.6 Å². The Balaban J connectivity index is 1.34. The van der Waals surface area contributed by atoms with E-state index in [1.54, 1.807) is 48.2 Å². The van der Waals surface area contributed by atoms with Gasteiger partial charge in [0.15, 0.2) is 11.5 Å². The number of phenolic OH excluding ortho intramolecular Hbond substituents is 1. The van der Waals surface area contributed by atoms with Gasteiger partial charge in [0, 0.05) is 21.1 Å². The molecule has 2 aliphatic heterocycles. The number of hydrogen-bond donors (Lipinski definition) is 2. The Hall–Kier alpha value is -2.95. The topological polar surface area (TPSA) is 109 Å². The Morgan fingerprint density at radius 3 is 2.26 bits per heavy atom. The summed E-state index contributed by atoms with van der Waals surface area (Å²) in [6.07, 6.45) is 0.783. The summed E-state index contributed by atoms with van der Waals surface area (Å²) in [5.41, 5.74) is 1.39. The maximum atomic E-state index is 13.8. The first-order chi connectivity index (χ1) is 18.3. The number of nitrogens with one attached hydrogen (secondary N) is 1. The van der Waals surface area contributed by atoms with Crippen molar-refractivity contribution in [2.45, 2.75) is 22.6 Å². The summed E-state index contributed by atoms with van der Waals surface area (Å²) in [5, 5.41) is 11.9. The van der Waals surface area contributed by atoms with Crippen molar-refractivity contribution >= 4 is 52.2 Å². The highest BCUT2D eigenvalue weighted by molar-refractivity contribution is 8.00. The van der Waals surface area contributed by atoms with Gasteiger partial charge in [0.1, 0.15) is 0 Å². The zero-order valence-corrected chi connectivity index (χ0v) is 22.7. The van der Waals surface area contributed by atoms with Crippen LogP contribution >= 0.6 is 34.7 Å². The molecule has 2 aromatic carbocycles. The standard InChI is InChI=1S/C27H23ClN2O6S2/c1-35-15-7-10(8-16(36-2)21(15)31)17-18-13-9-14(22(18)37-24-23(17)38-27(34)29-24)20-19(13)25(32)30(26(20)33)12-5-3-11(28)4-6-12/h3-8,13-14,17-20,22,31H,9H2,1-2H3,(H,29,34)/t13?,14?,17-,18?,19?,20?,22?/m1/s1. The van der Waals surface area contributed by atoms with Crippen molar-refractivity contribution in [1.29, 1.82) is 0 Å². The zero-order valence-electron chi connectivity index (χ0n) is 20.3. The van der Waals surface area contributed by atoms with E-state index < -0.39 is 5.92 Å². The largest absolute Gasteiger partial charge is 0.502 e. The number of hydrogen-bond acceptors (Lipinski definition) is 8. The van der Waals surface area contributed by atoms with Gasteiger partial charge in [0.2, 0.25) is 17.6 Å². The molecule has 8 nitrogen and oxygen atoms in total. The molecule has 7 rings (SSSR count). The van der Waals surface area contributed by atoms with Crippen LogP contribution in [-0.4, -0.2) is 41.4 Å². The molecule has 0 spiro atoms. The van der Waals surface area contributed by atoms with E-state index in [1.807, 2.05) is 0 Å². The molecule has 3 heterocycles. The minimum absolute atomic E-state index is 0.00806. The number of H-pyrrole nitrogens is 1. The summed E-state index contributed by atoms with van der Waals surface area (Å²) in [7, 11) is 2.96. The molecular weight excluding hydrogens is 548 g/mol. The molecule has 3 aromatic rings. The third-order valence-corrected chi connectivity index (χ3v) is 11.5. The monoisotopic (exact) mass is 570 g/mol. The van der Waals surface area contributed by atoms with E-state index in [2.05, 4.69) is 4.98 Å². The SMILES string of the molecule is COc1cc([C@H]2c3sc(=O)[nH]c3SC3C4CC(C5C(=O)N(c6ccc(Cl)cc6)C(=O)C45)C32)cc(OC)c1O. The van der Waals surface area contributed by atoms with Gasteiger partial charge in [0.25, 0.3) is 0 Å². The number of thioether (sulfide) groups is 1. The predicted molar refractivity (Wildman–Crippen MR) is 144 cm³/mol. The van der Waals surface area contributed by atoms with Crippen molar-refractivity contribution < 1.29 is 24.2 Å². The van der Waals surface area contributed by atoms with E-state index in [-0.39, 0.29) is 68.8 Å². The first-order valence-corrected chi connectivity index (χ1v) is 14.4. The highest BCUT2D eigenvalue weighted by Gasteiger charge is 2.69. The second kappa shape index (κ2) is 8.53. The molecule has 2 saturated carbocycles. The lowest BCUT2D eigenvalue weighted by Crippen LogP contribution is -2.42. The number of nitrogens with zero attached hydrogens (tertiary/aromatic N) is 1. The van der Waals surface area contributed by atoms with Crippen molar-refractivity contribution in [3.05, 3.63) is 61.5 Å². The lowest BCUT2D eigenvalue weighted by Gasteiger charge is -2.43. The molecule has 3 fully saturated rings. The molecule has 2 N–H and O–H groups in total. The molecule has 2 bridgehead atoms. The van der Waals surface area contributed by atoms with Gasteiger partial charge in [-0.3, -0.25) is 19.3 Å². The van der Waals surface area contributed by atoms with Crippen LogP contribution in [0.2, 0.25) is 5.02 Å². The number of thiazole rings is 1. The number of aromatic amines is 1. The number of rotatable bonds is 4. The molecular formula is C27H23ClN2O6S2. The van der Waals surface area contributed by atoms with Crippen molar-refractivity contribution in [1.82, 2.24) is 4.98 Å². The Bertz CT molecular complexity index is 1530. The number of aromatic nitrogens is 1. The number of imide groups is 1. The van der Waals surface area contributed by atoms with Crippen LogP contribution in [0, 0.1) is 29.6 Å². The van der Waals surface area contributed by atoms with E-state index in [0.29, 0.717) is 10.7 Å². The lowest BCUT2D eigenvalue weighted by atomic mass is 9.68. The van der Waals surface area contributed by atoms with E-state index in [0.717, 1.165) is 21.9 Å². The number of aromatic hydroxyl groups is 1. The van der Waals surface area contributed by atoms with Crippen LogP contribution < -0.4 is 19.2 Å². The smallest absolute Gasteiger partial charge is 0.305 e. The molecule has 1 saturated heterocycles. The fraction of sp³-hybridized carbons (Fsp3) is 0.370. The van der Waals surface area contributed by atoms with Gasteiger partial charge < -0.3 is 19.6 Å². The Morgan fingerprint density at radius 2 is 1.63 bits per heavy atom. The van der Waals surface area contributed by atoms with E-state index >= 15 is 0 Å². The van der Waals surface area contributed by atoms with Gasteiger partial charge >= 0.3 is 4.87 Å². The second-order valence-corrected chi connectivity index (χ2v) is 12.9. The molecule has 2 amide bonds. The molecule has 1 aromatic heterocycles. The maximum absolute atomic E-state index is 13.8. The van der Waals surface area contributed by atoms with Gasteiger partial charge in [-0.1, -0.05) is 22.9 Å². The number of fused-ring (bicyclic) bond motifs is 9. The van der Waals surface area contributed by atoms with Crippen LogP contribution in [0.4, 0.5) is 5.69 Å². The molecule has 196 valence electrons. The van der Waals surface area contributed by atoms with Crippen LogP contribution in [0.1, 0.15) is 22.8 Å². The van der Waals surface area contributed by atoms with Crippen LogP contribution in [0.5, 0.6) is 17.2 Å². The summed E-state index contributed by atoms with van der Waals surface area (Å²) in [5.74, 6) is -0.857. The molecule has 2 aliphatic carbocycles. The van der Waals surface area contributed by atoms with Crippen molar-refractivity contribution in [2.75, 3.05) is 19.1 Å². The molecule has 11 heteroatoms. The Morgan fingerprint density at radius 1 is 1.00 bits per heavy atom. The predicted octanol–water partition coefficient (Wildman–Crippen LogP) is 4.49. The van der Waals surface area contributed by atoms with Gasteiger partial charge in [-0.15, -0.1) is 11.8 Å². The Labute approximate surface area is 230 Å². The zero-order chi connectivity index (χ0) is 26.5. The van der Waals surface area contributed by atoms with Crippen LogP contribution in [0.25, 0.3) is 0 Å². The van der Waals surface area contributed by atoms with E-state index in [1.165, 1.54) is 30.5 Å².